The summed E-state index contributed by atoms with van der Waals surface area (Å²) in [6.07, 6.45) is 5.12. The van der Waals surface area contributed by atoms with E-state index in [2.05, 4.69) is 23.3 Å². The van der Waals surface area contributed by atoms with E-state index in [9.17, 15) is 0 Å². The summed E-state index contributed by atoms with van der Waals surface area (Å²) in [4.78, 5) is 0. The highest BCUT2D eigenvalue weighted by molar-refractivity contribution is 7.80. The molecule has 2 nitrogen and oxygen atoms in total. The summed E-state index contributed by atoms with van der Waals surface area (Å²) in [6.45, 7) is 3.51. The van der Waals surface area contributed by atoms with Crippen LogP contribution < -0.4 is 10.6 Å². The second kappa shape index (κ2) is 6.75. The van der Waals surface area contributed by atoms with Crippen molar-refractivity contribution < 1.29 is 0 Å². The van der Waals surface area contributed by atoms with E-state index in [1.54, 1.807) is 0 Å². The molecule has 0 amide bonds. The standard InChI is InChI=1S/C9H20N2S/c12-8-2-6-11-9-3-1-5-10-7-4-9/h9-12H,1-8H2. The first kappa shape index (κ1) is 10.4. The van der Waals surface area contributed by atoms with Gasteiger partial charge in [-0.25, -0.2) is 0 Å². The number of rotatable bonds is 4. The van der Waals surface area contributed by atoms with Crippen molar-refractivity contribution in [3.63, 3.8) is 0 Å². The van der Waals surface area contributed by atoms with E-state index < -0.39 is 0 Å². The van der Waals surface area contributed by atoms with Gasteiger partial charge in [-0.15, -0.1) is 0 Å². The van der Waals surface area contributed by atoms with Crippen molar-refractivity contribution in [3.05, 3.63) is 0 Å². The van der Waals surface area contributed by atoms with Gasteiger partial charge in [0.05, 0.1) is 0 Å². The molecule has 0 radical (unpaired) electrons. The summed E-state index contributed by atoms with van der Waals surface area (Å²) < 4.78 is 0. The summed E-state index contributed by atoms with van der Waals surface area (Å²) in [5.74, 6) is 0.998. The predicted molar refractivity (Wildman–Crippen MR) is 57.0 cm³/mol. The first-order valence-electron chi connectivity index (χ1n) is 4.98. The van der Waals surface area contributed by atoms with E-state index in [0.29, 0.717) is 0 Å². The first-order valence-corrected chi connectivity index (χ1v) is 5.61. The van der Waals surface area contributed by atoms with E-state index in [4.69, 9.17) is 0 Å². The van der Waals surface area contributed by atoms with Crippen LogP contribution in [0.5, 0.6) is 0 Å². The third kappa shape index (κ3) is 4.33. The maximum Gasteiger partial charge on any atom is 0.00796 e. The minimum atomic E-state index is 0.750. The highest BCUT2D eigenvalue weighted by Crippen LogP contribution is 2.04. The largest absolute Gasteiger partial charge is 0.317 e. The zero-order valence-corrected chi connectivity index (χ0v) is 8.58. The average Bonchev–Trinajstić information content (AvgIpc) is 2.33. The summed E-state index contributed by atoms with van der Waals surface area (Å²) >= 11 is 4.19. The molecule has 2 N–H and O–H groups in total. The van der Waals surface area contributed by atoms with Gasteiger partial charge in [0, 0.05) is 6.04 Å². The molecule has 3 heteroatoms. The van der Waals surface area contributed by atoms with Crippen LogP contribution in [0.15, 0.2) is 0 Å². The van der Waals surface area contributed by atoms with Crippen LogP contribution in [-0.2, 0) is 0 Å². The summed E-state index contributed by atoms with van der Waals surface area (Å²) in [7, 11) is 0. The summed E-state index contributed by atoms with van der Waals surface area (Å²) in [5, 5.41) is 6.99. The van der Waals surface area contributed by atoms with Crippen LogP contribution in [-0.4, -0.2) is 31.4 Å². The molecule has 12 heavy (non-hydrogen) atoms. The maximum atomic E-state index is 4.19. The molecule has 0 aromatic rings. The molecule has 1 aliphatic rings. The van der Waals surface area contributed by atoms with Crippen LogP contribution in [0, 0.1) is 0 Å². The molecule has 0 bridgehead atoms. The van der Waals surface area contributed by atoms with Gasteiger partial charge in [-0.05, 0) is 51.1 Å². The van der Waals surface area contributed by atoms with E-state index in [1.165, 1.54) is 38.8 Å². The van der Waals surface area contributed by atoms with Gasteiger partial charge in [0.15, 0.2) is 0 Å². The molecule has 72 valence electrons. The summed E-state index contributed by atoms with van der Waals surface area (Å²) in [6, 6.07) is 0.750. The Morgan fingerprint density at radius 3 is 3.08 bits per heavy atom. The monoisotopic (exact) mass is 188 g/mol. The minimum absolute atomic E-state index is 0.750. The van der Waals surface area contributed by atoms with Crippen molar-refractivity contribution in [2.75, 3.05) is 25.4 Å². The third-order valence-electron chi connectivity index (χ3n) is 2.34. The van der Waals surface area contributed by atoms with Crippen LogP contribution in [0.4, 0.5) is 0 Å². The molecule has 0 aliphatic carbocycles. The SMILES string of the molecule is SCCCNC1CCCNCC1. The number of hydrogen-bond donors (Lipinski definition) is 3. The molecule has 1 atom stereocenters. The Bertz CT molecular complexity index is 101. The lowest BCUT2D eigenvalue weighted by Crippen LogP contribution is -2.30. The third-order valence-corrected chi connectivity index (χ3v) is 2.66. The Hall–Kier alpha value is 0.270. The van der Waals surface area contributed by atoms with E-state index in [1.807, 2.05) is 0 Å². The lowest BCUT2D eigenvalue weighted by atomic mass is 10.1. The topological polar surface area (TPSA) is 24.1 Å². The van der Waals surface area contributed by atoms with Gasteiger partial charge in [-0.1, -0.05) is 0 Å². The second-order valence-electron chi connectivity index (χ2n) is 3.41. The molecular formula is C9H20N2S. The van der Waals surface area contributed by atoms with Gasteiger partial charge >= 0.3 is 0 Å². The van der Waals surface area contributed by atoms with E-state index in [0.717, 1.165) is 18.3 Å². The van der Waals surface area contributed by atoms with Crippen LogP contribution in [0.1, 0.15) is 25.7 Å². The van der Waals surface area contributed by atoms with Crippen LogP contribution >= 0.6 is 12.6 Å². The molecule has 1 unspecified atom stereocenters. The van der Waals surface area contributed by atoms with Gasteiger partial charge in [0.1, 0.15) is 0 Å². The Balaban J connectivity index is 2.04. The Morgan fingerprint density at radius 1 is 1.33 bits per heavy atom. The molecule has 1 fully saturated rings. The minimum Gasteiger partial charge on any atom is -0.317 e. The van der Waals surface area contributed by atoms with Crippen LogP contribution in [0.3, 0.4) is 0 Å². The van der Waals surface area contributed by atoms with Gasteiger partial charge in [-0.3, -0.25) is 0 Å². The first-order chi connectivity index (χ1) is 5.93. The molecule has 1 saturated heterocycles. The zero-order chi connectivity index (χ0) is 8.65. The second-order valence-corrected chi connectivity index (χ2v) is 3.86. The van der Waals surface area contributed by atoms with Crippen molar-refractivity contribution in [1.82, 2.24) is 10.6 Å². The average molecular weight is 188 g/mol. The number of nitrogens with one attached hydrogen (secondary N) is 2. The van der Waals surface area contributed by atoms with E-state index >= 15 is 0 Å². The fourth-order valence-electron chi connectivity index (χ4n) is 1.61. The van der Waals surface area contributed by atoms with Gasteiger partial charge < -0.3 is 10.6 Å². The lowest BCUT2D eigenvalue weighted by Gasteiger charge is -2.14. The van der Waals surface area contributed by atoms with Crippen LogP contribution in [0.2, 0.25) is 0 Å². The van der Waals surface area contributed by atoms with Crippen molar-refractivity contribution in [2.24, 2.45) is 0 Å². The Labute approximate surface area is 80.9 Å². The maximum absolute atomic E-state index is 4.19. The van der Waals surface area contributed by atoms with Crippen molar-refractivity contribution in [2.45, 2.75) is 31.7 Å². The lowest BCUT2D eigenvalue weighted by molar-refractivity contribution is 0.470. The normalized spacial score (nSPS) is 25.2. The zero-order valence-electron chi connectivity index (χ0n) is 7.68. The fourth-order valence-corrected chi connectivity index (χ4v) is 1.77. The van der Waals surface area contributed by atoms with Crippen molar-refractivity contribution in [3.8, 4) is 0 Å². The molecule has 0 aromatic carbocycles. The quantitative estimate of drug-likeness (QED) is 0.453. The van der Waals surface area contributed by atoms with Crippen molar-refractivity contribution in [1.29, 1.82) is 0 Å². The Morgan fingerprint density at radius 2 is 2.25 bits per heavy atom. The summed E-state index contributed by atoms with van der Waals surface area (Å²) in [5.41, 5.74) is 0. The Kier molecular flexibility index (Phi) is 5.82. The molecule has 0 spiro atoms. The highest BCUT2D eigenvalue weighted by Gasteiger charge is 2.09. The van der Waals surface area contributed by atoms with Gasteiger partial charge in [0.25, 0.3) is 0 Å². The molecule has 1 rings (SSSR count). The number of thiol groups is 1. The predicted octanol–water partition coefficient (Wildman–Crippen LogP) is 1.04. The smallest absolute Gasteiger partial charge is 0.00796 e. The molecule has 1 aliphatic heterocycles. The molecule has 0 saturated carbocycles. The fraction of sp³-hybridized carbons (Fsp3) is 1.00. The molecular weight excluding hydrogens is 168 g/mol. The molecule has 0 aromatic heterocycles. The van der Waals surface area contributed by atoms with E-state index in [-0.39, 0.29) is 0 Å². The van der Waals surface area contributed by atoms with Gasteiger partial charge in [0.2, 0.25) is 0 Å². The van der Waals surface area contributed by atoms with Crippen molar-refractivity contribution >= 4 is 12.6 Å². The van der Waals surface area contributed by atoms with Crippen LogP contribution in [0.25, 0.3) is 0 Å². The highest BCUT2D eigenvalue weighted by atomic mass is 32.1. The molecule has 1 heterocycles. The number of hydrogen-bond acceptors (Lipinski definition) is 3. The van der Waals surface area contributed by atoms with Gasteiger partial charge in [-0.2, -0.15) is 12.6 Å².